The van der Waals surface area contributed by atoms with Gasteiger partial charge in [0.15, 0.2) is 0 Å². The van der Waals surface area contributed by atoms with Crippen molar-refractivity contribution in [2.75, 3.05) is 6.54 Å². The monoisotopic (exact) mass is 177 g/mol. The topological polar surface area (TPSA) is 40.7 Å². The number of aromatic nitrogens is 2. The van der Waals surface area contributed by atoms with Gasteiger partial charge in [-0.2, -0.15) is 0 Å². The second-order valence-electron chi connectivity index (χ2n) is 3.52. The average molecular weight is 177 g/mol. The molecule has 0 saturated heterocycles. The summed E-state index contributed by atoms with van der Waals surface area (Å²) >= 11 is 0. The van der Waals surface area contributed by atoms with Crippen molar-refractivity contribution in [3.05, 3.63) is 29.4 Å². The molecule has 3 heteroatoms. The zero-order valence-corrected chi connectivity index (χ0v) is 8.09. The first-order valence-corrected chi connectivity index (χ1v) is 4.74. The summed E-state index contributed by atoms with van der Waals surface area (Å²) in [6, 6.07) is 0.292. The minimum atomic E-state index is 0.292. The van der Waals surface area contributed by atoms with Crippen LogP contribution in [0.5, 0.6) is 0 Å². The number of aryl methyl sites for hydroxylation is 1. The highest BCUT2D eigenvalue weighted by Gasteiger charge is 2.16. The van der Waals surface area contributed by atoms with Crippen LogP contribution in [0, 0.1) is 0 Å². The summed E-state index contributed by atoms with van der Waals surface area (Å²) < 4.78 is 0. The van der Waals surface area contributed by atoms with E-state index in [2.05, 4.69) is 35.2 Å². The Morgan fingerprint density at radius 1 is 1.62 bits per heavy atom. The summed E-state index contributed by atoms with van der Waals surface area (Å²) in [6.07, 6.45) is 5.15. The van der Waals surface area contributed by atoms with Crippen LogP contribution < -0.4 is 5.32 Å². The molecule has 0 saturated carbocycles. The quantitative estimate of drug-likeness (QED) is 0.673. The van der Waals surface area contributed by atoms with Crippen molar-refractivity contribution in [3.63, 3.8) is 0 Å². The predicted molar refractivity (Wildman–Crippen MR) is 52.5 cm³/mol. The van der Waals surface area contributed by atoms with Gasteiger partial charge in [0, 0.05) is 18.4 Å². The fourth-order valence-electron chi connectivity index (χ4n) is 1.56. The van der Waals surface area contributed by atoms with Crippen molar-refractivity contribution >= 4 is 0 Å². The Balaban J connectivity index is 2.17. The number of aromatic amines is 1. The number of H-pyrrole nitrogens is 1. The van der Waals surface area contributed by atoms with Crippen LogP contribution in [-0.2, 0) is 6.42 Å². The number of hydrogen-bond donors (Lipinski definition) is 2. The zero-order chi connectivity index (χ0) is 9.26. The normalized spacial score (nSPS) is 22.0. The van der Waals surface area contributed by atoms with Gasteiger partial charge in [-0.05, 0) is 13.3 Å². The molecule has 0 bridgehead atoms. The van der Waals surface area contributed by atoms with Crippen LogP contribution in [0.15, 0.2) is 17.8 Å². The molecule has 0 aromatic carbocycles. The molecule has 2 rings (SSSR count). The summed E-state index contributed by atoms with van der Waals surface area (Å²) in [7, 11) is 0. The summed E-state index contributed by atoms with van der Waals surface area (Å²) in [6.45, 7) is 5.24. The molecule has 1 aromatic heterocycles. The molecule has 2 heterocycles. The highest BCUT2D eigenvalue weighted by atomic mass is 15.0. The van der Waals surface area contributed by atoms with Crippen LogP contribution in [0.3, 0.4) is 0 Å². The van der Waals surface area contributed by atoms with Crippen molar-refractivity contribution in [2.45, 2.75) is 26.3 Å². The van der Waals surface area contributed by atoms with Crippen molar-refractivity contribution in [1.29, 1.82) is 0 Å². The van der Waals surface area contributed by atoms with E-state index < -0.39 is 0 Å². The third kappa shape index (κ3) is 1.65. The number of rotatable bonds is 2. The molecule has 0 spiro atoms. The average Bonchev–Trinajstić information content (AvgIpc) is 2.71. The van der Waals surface area contributed by atoms with Crippen molar-refractivity contribution in [3.8, 4) is 0 Å². The van der Waals surface area contributed by atoms with Gasteiger partial charge < -0.3 is 10.3 Å². The molecule has 3 nitrogen and oxygen atoms in total. The molecular weight excluding hydrogens is 162 g/mol. The molecule has 2 N–H and O–H groups in total. The van der Waals surface area contributed by atoms with E-state index in [4.69, 9.17) is 0 Å². The summed E-state index contributed by atoms with van der Waals surface area (Å²) in [5.74, 6) is 1.04. The SMILES string of the molecule is CCc1cnc(C2C=C(C)CN2)[nH]1. The van der Waals surface area contributed by atoms with Crippen LogP contribution in [0.25, 0.3) is 0 Å². The Hall–Kier alpha value is -1.09. The van der Waals surface area contributed by atoms with Crippen molar-refractivity contribution in [2.24, 2.45) is 0 Å². The van der Waals surface area contributed by atoms with Gasteiger partial charge in [0.05, 0.1) is 6.04 Å². The van der Waals surface area contributed by atoms with Crippen molar-refractivity contribution < 1.29 is 0 Å². The molecule has 0 radical (unpaired) electrons. The first kappa shape index (κ1) is 8.51. The molecule has 1 atom stereocenters. The van der Waals surface area contributed by atoms with Gasteiger partial charge in [-0.1, -0.05) is 18.6 Å². The van der Waals surface area contributed by atoms with E-state index in [1.807, 2.05) is 6.20 Å². The van der Waals surface area contributed by atoms with E-state index in [0.29, 0.717) is 6.04 Å². The lowest BCUT2D eigenvalue weighted by molar-refractivity contribution is 0.671. The second kappa shape index (κ2) is 3.34. The zero-order valence-electron chi connectivity index (χ0n) is 8.09. The van der Waals surface area contributed by atoms with E-state index in [-0.39, 0.29) is 0 Å². The smallest absolute Gasteiger partial charge is 0.127 e. The van der Waals surface area contributed by atoms with Crippen molar-refractivity contribution in [1.82, 2.24) is 15.3 Å². The van der Waals surface area contributed by atoms with Crippen LogP contribution >= 0.6 is 0 Å². The Kier molecular flexibility index (Phi) is 2.19. The fraction of sp³-hybridized carbons (Fsp3) is 0.500. The summed E-state index contributed by atoms with van der Waals surface area (Å²) in [5, 5.41) is 3.37. The maximum atomic E-state index is 4.34. The Morgan fingerprint density at radius 3 is 3.00 bits per heavy atom. The first-order valence-electron chi connectivity index (χ1n) is 4.74. The van der Waals surface area contributed by atoms with Gasteiger partial charge in [-0.15, -0.1) is 0 Å². The molecule has 1 aliphatic rings. The van der Waals surface area contributed by atoms with E-state index in [0.717, 1.165) is 18.8 Å². The van der Waals surface area contributed by atoms with E-state index in [9.17, 15) is 0 Å². The Morgan fingerprint density at radius 2 is 2.46 bits per heavy atom. The number of imidazole rings is 1. The van der Waals surface area contributed by atoms with Crippen LogP contribution in [0.2, 0.25) is 0 Å². The van der Waals surface area contributed by atoms with Gasteiger partial charge >= 0.3 is 0 Å². The van der Waals surface area contributed by atoms with Gasteiger partial charge in [0.25, 0.3) is 0 Å². The maximum Gasteiger partial charge on any atom is 0.127 e. The third-order valence-corrected chi connectivity index (χ3v) is 2.38. The largest absolute Gasteiger partial charge is 0.344 e. The minimum Gasteiger partial charge on any atom is -0.344 e. The van der Waals surface area contributed by atoms with E-state index in [1.54, 1.807) is 0 Å². The molecule has 1 unspecified atom stereocenters. The van der Waals surface area contributed by atoms with E-state index >= 15 is 0 Å². The second-order valence-corrected chi connectivity index (χ2v) is 3.52. The molecule has 70 valence electrons. The third-order valence-electron chi connectivity index (χ3n) is 2.38. The van der Waals surface area contributed by atoms with E-state index in [1.165, 1.54) is 11.3 Å². The van der Waals surface area contributed by atoms with Gasteiger partial charge in [0.1, 0.15) is 5.82 Å². The van der Waals surface area contributed by atoms with Crippen LogP contribution in [-0.4, -0.2) is 16.5 Å². The molecule has 1 aliphatic heterocycles. The predicted octanol–water partition coefficient (Wildman–Crippen LogP) is 1.56. The molecule has 13 heavy (non-hydrogen) atoms. The maximum absolute atomic E-state index is 4.34. The number of nitrogens with zero attached hydrogens (tertiary/aromatic N) is 1. The molecule has 0 amide bonds. The van der Waals surface area contributed by atoms with Crippen LogP contribution in [0.1, 0.15) is 31.4 Å². The van der Waals surface area contributed by atoms with Gasteiger partial charge in [-0.25, -0.2) is 4.98 Å². The summed E-state index contributed by atoms with van der Waals surface area (Å²) in [5.41, 5.74) is 2.59. The molecule has 0 fully saturated rings. The number of hydrogen-bond acceptors (Lipinski definition) is 2. The molecule has 1 aromatic rings. The van der Waals surface area contributed by atoms with Crippen LogP contribution in [0.4, 0.5) is 0 Å². The van der Waals surface area contributed by atoms with Gasteiger partial charge in [0.2, 0.25) is 0 Å². The summed E-state index contributed by atoms with van der Waals surface area (Å²) in [4.78, 5) is 7.65. The Bertz CT molecular complexity index is 325. The lowest BCUT2D eigenvalue weighted by Crippen LogP contribution is -2.15. The molecular formula is C10H15N3. The standard InChI is InChI=1S/C10H15N3/c1-3-8-6-12-10(13-8)9-4-7(2)5-11-9/h4,6,9,11H,3,5H2,1-2H3,(H,12,13). The lowest BCUT2D eigenvalue weighted by Gasteiger charge is -2.03. The lowest BCUT2D eigenvalue weighted by atomic mass is 10.2. The Labute approximate surface area is 78.3 Å². The molecule has 0 aliphatic carbocycles. The highest BCUT2D eigenvalue weighted by Crippen LogP contribution is 2.17. The minimum absolute atomic E-state index is 0.292. The highest BCUT2D eigenvalue weighted by molar-refractivity contribution is 5.19. The number of nitrogens with one attached hydrogen (secondary N) is 2. The van der Waals surface area contributed by atoms with Gasteiger partial charge in [-0.3, -0.25) is 0 Å². The first-order chi connectivity index (χ1) is 6.29. The fourth-order valence-corrected chi connectivity index (χ4v) is 1.56.